The predicted molar refractivity (Wildman–Crippen MR) is 53.0 cm³/mol. The lowest BCUT2D eigenvalue weighted by Crippen LogP contribution is -2.43. The molecule has 1 amide bonds. The minimum atomic E-state index is 0.117. The smallest absolute Gasteiger partial charge is 0.222 e. The van der Waals surface area contributed by atoms with Crippen LogP contribution in [-0.2, 0) is 9.53 Å². The Bertz CT molecular complexity index is 220. The van der Waals surface area contributed by atoms with E-state index in [1.54, 1.807) is 7.11 Å². The van der Waals surface area contributed by atoms with E-state index in [4.69, 9.17) is 4.74 Å². The third kappa shape index (κ3) is 2.07. The minimum Gasteiger partial charge on any atom is -0.384 e. The molecule has 2 bridgehead atoms. The Morgan fingerprint density at radius 3 is 3.00 bits per heavy atom. The summed E-state index contributed by atoms with van der Waals surface area (Å²) in [5.74, 6) is 0.117. The molecule has 0 aromatic heterocycles. The van der Waals surface area contributed by atoms with Crippen LogP contribution < -0.4 is 10.6 Å². The maximum atomic E-state index is 11.4. The zero-order valence-corrected chi connectivity index (χ0v) is 8.58. The Kier molecular flexibility index (Phi) is 3.03. The van der Waals surface area contributed by atoms with Gasteiger partial charge in [0.1, 0.15) is 0 Å². The first kappa shape index (κ1) is 9.93. The van der Waals surface area contributed by atoms with Gasteiger partial charge in [-0.25, -0.2) is 0 Å². The van der Waals surface area contributed by atoms with E-state index in [-0.39, 0.29) is 5.91 Å². The normalized spacial score (nSPS) is 34.8. The average Bonchev–Trinajstić information content (AvgIpc) is 2.76. The number of nitrogens with one attached hydrogen (secondary N) is 2. The third-order valence-corrected chi connectivity index (χ3v) is 3.18. The number of carbonyl (C=O) groups excluding carboxylic acids is 1. The number of methoxy groups -OCH3 is 1. The summed E-state index contributed by atoms with van der Waals surface area (Å²) in [5, 5.41) is 6.56. The largest absolute Gasteiger partial charge is 0.384 e. The second kappa shape index (κ2) is 4.28. The molecule has 2 fully saturated rings. The summed E-state index contributed by atoms with van der Waals surface area (Å²) in [4.78, 5) is 11.4. The van der Waals surface area contributed by atoms with Gasteiger partial charge in [0.05, 0.1) is 6.61 Å². The van der Waals surface area contributed by atoms with Crippen molar-refractivity contribution in [3.05, 3.63) is 0 Å². The van der Waals surface area contributed by atoms with Crippen LogP contribution in [-0.4, -0.2) is 37.7 Å². The van der Waals surface area contributed by atoms with Gasteiger partial charge in [-0.2, -0.15) is 0 Å². The van der Waals surface area contributed by atoms with E-state index in [1.165, 1.54) is 12.8 Å². The SMILES string of the molecule is COCCC(=O)NC1CC2CCC1N2. The second-order valence-corrected chi connectivity index (χ2v) is 4.20. The molecule has 80 valence electrons. The van der Waals surface area contributed by atoms with Gasteiger partial charge < -0.3 is 15.4 Å². The highest BCUT2D eigenvalue weighted by molar-refractivity contribution is 5.76. The van der Waals surface area contributed by atoms with E-state index in [9.17, 15) is 4.79 Å². The molecule has 3 atom stereocenters. The molecule has 2 saturated heterocycles. The monoisotopic (exact) mass is 198 g/mol. The predicted octanol–water partition coefficient (Wildman–Crippen LogP) is 0.0320. The number of ether oxygens (including phenoxy) is 1. The topological polar surface area (TPSA) is 50.4 Å². The Morgan fingerprint density at radius 2 is 2.43 bits per heavy atom. The molecule has 14 heavy (non-hydrogen) atoms. The Balaban J connectivity index is 1.73. The van der Waals surface area contributed by atoms with Crippen molar-refractivity contribution in [3.63, 3.8) is 0 Å². The first-order chi connectivity index (χ1) is 6.79. The zero-order valence-electron chi connectivity index (χ0n) is 8.58. The molecule has 0 aromatic carbocycles. The van der Waals surface area contributed by atoms with E-state index in [0.29, 0.717) is 31.2 Å². The van der Waals surface area contributed by atoms with Crippen LogP contribution in [0.2, 0.25) is 0 Å². The fraction of sp³-hybridized carbons (Fsp3) is 0.900. The van der Waals surface area contributed by atoms with Crippen LogP contribution >= 0.6 is 0 Å². The highest BCUT2D eigenvalue weighted by atomic mass is 16.5. The average molecular weight is 198 g/mol. The molecule has 0 aliphatic carbocycles. The van der Waals surface area contributed by atoms with Gasteiger partial charge in [-0.05, 0) is 19.3 Å². The molecule has 0 radical (unpaired) electrons. The summed E-state index contributed by atoms with van der Waals surface area (Å²) in [5.41, 5.74) is 0. The summed E-state index contributed by atoms with van der Waals surface area (Å²) in [7, 11) is 1.62. The summed E-state index contributed by atoms with van der Waals surface area (Å²) < 4.78 is 4.86. The minimum absolute atomic E-state index is 0.117. The molecule has 0 spiro atoms. The molecule has 2 aliphatic heterocycles. The van der Waals surface area contributed by atoms with Gasteiger partial charge >= 0.3 is 0 Å². The summed E-state index contributed by atoms with van der Waals surface area (Å²) in [6.45, 7) is 0.514. The second-order valence-electron chi connectivity index (χ2n) is 4.20. The van der Waals surface area contributed by atoms with Crippen molar-refractivity contribution in [2.45, 2.75) is 43.8 Å². The molecule has 0 saturated carbocycles. The van der Waals surface area contributed by atoms with Crippen LogP contribution in [0.1, 0.15) is 25.7 Å². The first-order valence-corrected chi connectivity index (χ1v) is 5.34. The number of carbonyl (C=O) groups is 1. The van der Waals surface area contributed by atoms with Crippen LogP contribution in [0.4, 0.5) is 0 Å². The Labute approximate surface area is 84.4 Å². The number of hydrogen-bond acceptors (Lipinski definition) is 3. The molecule has 3 unspecified atom stereocenters. The van der Waals surface area contributed by atoms with Gasteiger partial charge in [-0.3, -0.25) is 4.79 Å². The molecular formula is C10H18N2O2. The van der Waals surface area contributed by atoms with Crippen LogP contribution in [0.3, 0.4) is 0 Å². The lowest BCUT2D eigenvalue weighted by molar-refractivity contribution is -0.122. The van der Waals surface area contributed by atoms with Gasteiger partial charge in [-0.1, -0.05) is 0 Å². The van der Waals surface area contributed by atoms with Gasteiger partial charge in [0, 0.05) is 31.7 Å². The van der Waals surface area contributed by atoms with E-state index < -0.39 is 0 Å². The van der Waals surface area contributed by atoms with Crippen molar-refractivity contribution in [3.8, 4) is 0 Å². The van der Waals surface area contributed by atoms with E-state index >= 15 is 0 Å². The van der Waals surface area contributed by atoms with Crippen molar-refractivity contribution in [2.75, 3.05) is 13.7 Å². The Morgan fingerprint density at radius 1 is 1.57 bits per heavy atom. The first-order valence-electron chi connectivity index (χ1n) is 5.34. The highest BCUT2D eigenvalue weighted by Gasteiger charge is 2.39. The standard InChI is InChI=1S/C10H18N2O2/c1-14-5-4-10(13)12-9-6-7-2-3-8(9)11-7/h7-9,11H,2-6H2,1H3,(H,12,13). The van der Waals surface area contributed by atoms with Crippen LogP contribution in [0.15, 0.2) is 0 Å². The fourth-order valence-corrected chi connectivity index (χ4v) is 2.46. The summed E-state index contributed by atoms with van der Waals surface area (Å²) >= 11 is 0. The number of hydrogen-bond donors (Lipinski definition) is 2. The van der Waals surface area contributed by atoms with Crippen LogP contribution in [0.5, 0.6) is 0 Å². The molecule has 4 nitrogen and oxygen atoms in total. The molecule has 2 heterocycles. The lowest BCUT2D eigenvalue weighted by atomic mass is 9.95. The number of rotatable bonds is 4. The van der Waals surface area contributed by atoms with Crippen LogP contribution in [0.25, 0.3) is 0 Å². The molecule has 2 aliphatic rings. The van der Waals surface area contributed by atoms with Gasteiger partial charge in [0.25, 0.3) is 0 Å². The van der Waals surface area contributed by atoms with Crippen molar-refractivity contribution in [1.29, 1.82) is 0 Å². The fourth-order valence-electron chi connectivity index (χ4n) is 2.46. The molecular weight excluding hydrogens is 180 g/mol. The third-order valence-electron chi connectivity index (χ3n) is 3.18. The Hall–Kier alpha value is -0.610. The number of fused-ring (bicyclic) bond motifs is 2. The number of amides is 1. The maximum Gasteiger partial charge on any atom is 0.222 e. The van der Waals surface area contributed by atoms with Crippen molar-refractivity contribution >= 4 is 5.91 Å². The molecule has 0 aromatic rings. The van der Waals surface area contributed by atoms with Gasteiger partial charge in [-0.15, -0.1) is 0 Å². The molecule has 4 heteroatoms. The van der Waals surface area contributed by atoms with Crippen molar-refractivity contribution < 1.29 is 9.53 Å². The lowest BCUT2D eigenvalue weighted by Gasteiger charge is -2.21. The van der Waals surface area contributed by atoms with Crippen LogP contribution in [0, 0.1) is 0 Å². The molecule has 2 N–H and O–H groups in total. The molecule has 2 rings (SSSR count). The van der Waals surface area contributed by atoms with Crippen molar-refractivity contribution in [2.24, 2.45) is 0 Å². The quantitative estimate of drug-likeness (QED) is 0.670. The van der Waals surface area contributed by atoms with Crippen molar-refractivity contribution in [1.82, 2.24) is 10.6 Å². The van der Waals surface area contributed by atoms with E-state index in [1.807, 2.05) is 0 Å². The maximum absolute atomic E-state index is 11.4. The van der Waals surface area contributed by atoms with Gasteiger partial charge in [0.2, 0.25) is 5.91 Å². The summed E-state index contributed by atoms with van der Waals surface area (Å²) in [6.07, 6.45) is 4.06. The summed E-state index contributed by atoms with van der Waals surface area (Å²) in [6, 6.07) is 1.53. The van der Waals surface area contributed by atoms with Gasteiger partial charge in [0.15, 0.2) is 0 Å². The highest BCUT2D eigenvalue weighted by Crippen LogP contribution is 2.28. The zero-order chi connectivity index (χ0) is 9.97. The van der Waals surface area contributed by atoms with E-state index in [0.717, 1.165) is 6.42 Å². The van der Waals surface area contributed by atoms with E-state index in [2.05, 4.69) is 10.6 Å².